The normalized spacial score (nSPS) is 10.2. The van der Waals surface area contributed by atoms with E-state index in [0.29, 0.717) is 52.9 Å². The molecule has 0 fully saturated rings. The fourth-order valence-corrected chi connectivity index (χ4v) is 3.19. The van der Waals surface area contributed by atoms with Crippen LogP contribution in [0.4, 0.5) is 5.82 Å². The van der Waals surface area contributed by atoms with Crippen LogP contribution in [0, 0.1) is 0 Å². The largest absolute Gasteiger partial charge is 0.468 e. The number of aromatic nitrogens is 1. The van der Waals surface area contributed by atoms with Gasteiger partial charge in [-0.1, -0.05) is 23.7 Å². The Labute approximate surface area is 176 Å². The summed E-state index contributed by atoms with van der Waals surface area (Å²) in [6.45, 7) is 0.964. The lowest BCUT2D eigenvalue weighted by atomic mass is 9.99. The van der Waals surface area contributed by atoms with Crippen LogP contribution in [0.2, 0.25) is 5.02 Å². The highest BCUT2D eigenvalue weighted by atomic mass is 79.9. The third kappa shape index (κ3) is 5.77. The van der Waals surface area contributed by atoms with Gasteiger partial charge in [0, 0.05) is 29.3 Å². The standard InChI is InChI=1S/C19H19BrClN3O4/c1-24(7-2-8-28-12-26)19(27)17-15(9-13-3-5-14(21)6-4-13)16(20)10-22-18(17)23-11-25/h3-6,10-12H,2,7-9H2,1H3,(H,22,23,25). The van der Waals surface area contributed by atoms with Crippen molar-refractivity contribution in [1.82, 2.24) is 9.88 Å². The maximum atomic E-state index is 13.1. The molecule has 0 saturated heterocycles. The number of hydrogen-bond donors (Lipinski definition) is 1. The highest BCUT2D eigenvalue weighted by Gasteiger charge is 2.23. The second-order valence-corrected chi connectivity index (χ2v) is 7.21. The quantitative estimate of drug-likeness (QED) is 0.427. The van der Waals surface area contributed by atoms with Crippen molar-refractivity contribution < 1.29 is 19.1 Å². The molecule has 0 aliphatic rings. The number of anilines is 1. The molecule has 0 unspecified atom stereocenters. The number of carbonyl (C=O) groups excluding carboxylic acids is 3. The average molecular weight is 469 g/mol. The summed E-state index contributed by atoms with van der Waals surface area (Å²) >= 11 is 9.41. The molecule has 2 rings (SSSR count). The van der Waals surface area contributed by atoms with Crippen LogP contribution < -0.4 is 5.32 Å². The summed E-state index contributed by atoms with van der Waals surface area (Å²) in [5.74, 6) is -0.114. The first-order valence-electron chi connectivity index (χ1n) is 8.40. The van der Waals surface area contributed by atoms with Crippen LogP contribution in [0.5, 0.6) is 0 Å². The van der Waals surface area contributed by atoms with E-state index in [-0.39, 0.29) is 18.3 Å². The van der Waals surface area contributed by atoms with Crippen LogP contribution in [0.25, 0.3) is 0 Å². The lowest BCUT2D eigenvalue weighted by Crippen LogP contribution is -2.30. The highest BCUT2D eigenvalue weighted by molar-refractivity contribution is 9.10. The number of halogens is 2. The van der Waals surface area contributed by atoms with Gasteiger partial charge < -0.3 is 15.0 Å². The number of nitrogens with zero attached hydrogens (tertiary/aromatic N) is 2. The molecular formula is C19H19BrClN3O4. The molecule has 0 aliphatic carbocycles. The smallest absolute Gasteiger partial charge is 0.293 e. The van der Waals surface area contributed by atoms with E-state index in [1.807, 2.05) is 12.1 Å². The summed E-state index contributed by atoms with van der Waals surface area (Å²) in [5, 5.41) is 3.12. The molecule has 0 radical (unpaired) electrons. The van der Waals surface area contributed by atoms with Gasteiger partial charge in [0.15, 0.2) is 0 Å². The Morgan fingerprint density at radius 2 is 2.04 bits per heavy atom. The monoisotopic (exact) mass is 467 g/mol. The van der Waals surface area contributed by atoms with Gasteiger partial charge in [0.05, 0.1) is 12.2 Å². The van der Waals surface area contributed by atoms with Crippen LogP contribution in [0.15, 0.2) is 34.9 Å². The predicted octanol–water partition coefficient (Wildman–Crippen LogP) is 3.29. The summed E-state index contributed by atoms with van der Waals surface area (Å²) in [6, 6.07) is 7.29. The number of pyridine rings is 1. The van der Waals surface area contributed by atoms with Crippen LogP contribution in [0.1, 0.15) is 27.9 Å². The van der Waals surface area contributed by atoms with Crippen molar-refractivity contribution in [2.24, 2.45) is 0 Å². The van der Waals surface area contributed by atoms with Crippen LogP contribution in [-0.4, -0.2) is 48.9 Å². The zero-order valence-electron chi connectivity index (χ0n) is 15.2. The fourth-order valence-electron chi connectivity index (χ4n) is 2.63. The molecule has 1 aromatic heterocycles. The average Bonchev–Trinajstić information content (AvgIpc) is 2.69. The van der Waals surface area contributed by atoms with E-state index in [0.717, 1.165) is 5.56 Å². The number of rotatable bonds is 10. The van der Waals surface area contributed by atoms with E-state index in [2.05, 4.69) is 31.0 Å². The Kier molecular flexibility index (Phi) is 8.41. The minimum absolute atomic E-state index is 0.183. The van der Waals surface area contributed by atoms with Gasteiger partial charge in [0.25, 0.3) is 12.4 Å². The topological polar surface area (TPSA) is 88.6 Å². The van der Waals surface area contributed by atoms with Crippen LogP contribution in [-0.2, 0) is 20.7 Å². The third-order valence-electron chi connectivity index (χ3n) is 4.01. The first kappa shape index (κ1) is 21.8. The molecule has 1 N–H and O–H groups in total. The molecule has 28 heavy (non-hydrogen) atoms. The second-order valence-electron chi connectivity index (χ2n) is 5.92. The third-order valence-corrected chi connectivity index (χ3v) is 4.94. The molecule has 0 saturated carbocycles. The zero-order valence-corrected chi connectivity index (χ0v) is 17.5. The molecule has 9 heteroatoms. The Hall–Kier alpha value is -2.45. The van der Waals surface area contributed by atoms with E-state index in [1.165, 1.54) is 4.90 Å². The summed E-state index contributed by atoms with van der Waals surface area (Å²) in [5.41, 5.74) is 1.95. The van der Waals surface area contributed by atoms with Crippen molar-refractivity contribution in [1.29, 1.82) is 0 Å². The highest BCUT2D eigenvalue weighted by Crippen LogP contribution is 2.29. The van der Waals surface area contributed by atoms with Crippen molar-refractivity contribution in [3.63, 3.8) is 0 Å². The van der Waals surface area contributed by atoms with E-state index < -0.39 is 0 Å². The molecular weight excluding hydrogens is 450 g/mol. The maximum absolute atomic E-state index is 13.1. The summed E-state index contributed by atoms with van der Waals surface area (Å²) < 4.78 is 5.31. The molecule has 0 atom stereocenters. The summed E-state index contributed by atoms with van der Waals surface area (Å²) in [4.78, 5) is 40.0. The number of carbonyl (C=O) groups is 3. The maximum Gasteiger partial charge on any atom is 0.293 e. The molecule has 7 nitrogen and oxygen atoms in total. The molecule has 2 aromatic rings. The molecule has 1 aromatic carbocycles. The van der Waals surface area contributed by atoms with E-state index in [1.54, 1.807) is 25.4 Å². The van der Waals surface area contributed by atoms with Gasteiger partial charge in [-0.15, -0.1) is 0 Å². The Bertz CT molecular complexity index is 846. The predicted molar refractivity (Wildman–Crippen MR) is 109 cm³/mol. The number of benzene rings is 1. The van der Waals surface area contributed by atoms with Gasteiger partial charge in [0.2, 0.25) is 6.41 Å². The van der Waals surface area contributed by atoms with Crippen LogP contribution in [0.3, 0.4) is 0 Å². The van der Waals surface area contributed by atoms with Crippen molar-refractivity contribution in [2.75, 3.05) is 25.5 Å². The first-order valence-corrected chi connectivity index (χ1v) is 9.57. The SMILES string of the molecule is CN(CCCOC=O)C(=O)c1c(NC=O)ncc(Br)c1Cc1ccc(Cl)cc1. The number of nitrogens with one attached hydrogen (secondary N) is 1. The lowest BCUT2D eigenvalue weighted by molar-refractivity contribution is -0.128. The fraction of sp³-hybridized carbons (Fsp3) is 0.263. The van der Waals surface area contributed by atoms with Gasteiger partial charge in [-0.25, -0.2) is 4.98 Å². The van der Waals surface area contributed by atoms with Gasteiger partial charge in [0.1, 0.15) is 5.82 Å². The minimum Gasteiger partial charge on any atom is -0.468 e. The number of hydrogen-bond acceptors (Lipinski definition) is 5. The summed E-state index contributed by atoms with van der Waals surface area (Å²) in [7, 11) is 1.64. The molecule has 0 aliphatic heterocycles. The van der Waals surface area contributed by atoms with E-state index >= 15 is 0 Å². The first-order chi connectivity index (χ1) is 13.5. The van der Waals surface area contributed by atoms with Gasteiger partial charge >= 0.3 is 0 Å². The summed E-state index contributed by atoms with van der Waals surface area (Å²) in [6.07, 6.45) is 2.96. The molecule has 2 amide bonds. The Morgan fingerprint density at radius 3 is 2.68 bits per heavy atom. The molecule has 0 bridgehead atoms. The number of amides is 2. The Morgan fingerprint density at radius 1 is 1.32 bits per heavy atom. The second kappa shape index (κ2) is 10.8. The van der Waals surface area contributed by atoms with Gasteiger partial charge in [-0.3, -0.25) is 14.4 Å². The van der Waals surface area contributed by atoms with Crippen molar-refractivity contribution >= 4 is 52.1 Å². The zero-order chi connectivity index (χ0) is 20.5. The molecule has 1 heterocycles. The van der Waals surface area contributed by atoms with Gasteiger partial charge in [-0.2, -0.15) is 0 Å². The lowest BCUT2D eigenvalue weighted by Gasteiger charge is -2.21. The van der Waals surface area contributed by atoms with E-state index in [4.69, 9.17) is 11.6 Å². The van der Waals surface area contributed by atoms with Crippen molar-refractivity contribution in [2.45, 2.75) is 12.8 Å². The molecule has 148 valence electrons. The van der Waals surface area contributed by atoms with E-state index in [9.17, 15) is 14.4 Å². The Balaban J connectivity index is 2.36. The van der Waals surface area contributed by atoms with Crippen molar-refractivity contribution in [3.05, 3.63) is 56.6 Å². The number of ether oxygens (including phenoxy) is 1. The minimum atomic E-state index is -0.298. The molecule has 0 spiro atoms. The van der Waals surface area contributed by atoms with Gasteiger partial charge in [-0.05, 0) is 52.0 Å². The van der Waals surface area contributed by atoms with Crippen molar-refractivity contribution in [3.8, 4) is 0 Å². The van der Waals surface area contributed by atoms with Crippen LogP contribution >= 0.6 is 27.5 Å².